The molecule has 1 rings (SSSR count). The van der Waals surface area contributed by atoms with Gasteiger partial charge in [0, 0.05) is 5.56 Å². The molecule has 2 N–H and O–H groups in total. The number of hydrogen-bond donors (Lipinski definition) is 2. The molecule has 0 atom stereocenters. The molecule has 0 radical (unpaired) electrons. The Kier molecular flexibility index (Phi) is 3.41. The van der Waals surface area contributed by atoms with Gasteiger partial charge in [-0.2, -0.15) is 0 Å². The fourth-order valence-electron chi connectivity index (χ4n) is 1.11. The Morgan fingerprint density at radius 2 is 1.79 bits per heavy atom. The van der Waals surface area contributed by atoms with E-state index in [1.807, 2.05) is 0 Å². The predicted molar refractivity (Wildman–Crippen MR) is 56.0 cm³/mol. The van der Waals surface area contributed by atoms with Crippen LogP contribution in [0.4, 0.5) is 0 Å². The Morgan fingerprint density at radius 1 is 1.29 bits per heavy atom. The highest BCUT2D eigenvalue weighted by Gasteiger charge is 2.29. The van der Waals surface area contributed by atoms with E-state index in [-0.39, 0.29) is 22.0 Å². The molecule has 0 amide bonds. The van der Waals surface area contributed by atoms with Crippen LogP contribution in [-0.2, 0) is 5.79 Å². The summed E-state index contributed by atoms with van der Waals surface area (Å²) < 4.78 is 0. The second-order valence-electron chi connectivity index (χ2n) is 2.79. The van der Waals surface area contributed by atoms with Crippen LogP contribution in [0.3, 0.4) is 0 Å². The molecular weight excluding hydrogens is 223 g/mol. The quantitative estimate of drug-likeness (QED) is 0.604. The zero-order valence-corrected chi connectivity index (χ0v) is 8.68. The van der Waals surface area contributed by atoms with Gasteiger partial charge in [-0.25, -0.2) is 0 Å². The highest BCUT2D eigenvalue weighted by atomic mass is 35.5. The maximum atomic E-state index is 9.59. The van der Waals surface area contributed by atoms with Crippen molar-refractivity contribution >= 4 is 23.2 Å². The topological polar surface area (TPSA) is 40.5 Å². The summed E-state index contributed by atoms with van der Waals surface area (Å²) in [5, 5.41) is 19.5. The monoisotopic (exact) mass is 230 g/mol. The van der Waals surface area contributed by atoms with Crippen LogP contribution in [0.5, 0.6) is 0 Å². The van der Waals surface area contributed by atoms with E-state index in [1.165, 1.54) is 12.1 Å². The number of hydrogen-bond acceptors (Lipinski definition) is 2. The summed E-state index contributed by atoms with van der Waals surface area (Å²) >= 11 is 11.6. The minimum atomic E-state index is -2.18. The van der Waals surface area contributed by atoms with Crippen LogP contribution in [0.1, 0.15) is 12.0 Å². The summed E-state index contributed by atoms with van der Waals surface area (Å²) in [6.45, 7) is 0. The Labute approximate surface area is 92.1 Å². The van der Waals surface area contributed by atoms with Gasteiger partial charge in [0.15, 0.2) is 0 Å². The van der Waals surface area contributed by atoms with Crippen molar-refractivity contribution < 1.29 is 10.2 Å². The van der Waals surface area contributed by atoms with E-state index >= 15 is 0 Å². The van der Waals surface area contributed by atoms with Crippen LogP contribution in [0.25, 0.3) is 0 Å². The lowest BCUT2D eigenvalue weighted by atomic mass is 10.0. The summed E-state index contributed by atoms with van der Waals surface area (Å²) in [4.78, 5) is 0. The Bertz CT molecular complexity index is 360. The Balaban J connectivity index is 3.25. The van der Waals surface area contributed by atoms with Gasteiger partial charge in [0.2, 0.25) is 5.79 Å². The average Bonchev–Trinajstić information content (AvgIpc) is 2.02. The van der Waals surface area contributed by atoms with Crippen molar-refractivity contribution in [1.82, 2.24) is 0 Å². The van der Waals surface area contributed by atoms with E-state index in [0.29, 0.717) is 0 Å². The highest BCUT2D eigenvalue weighted by molar-refractivity contribution is 6.36. The summed E-state index contributed by atoms with van der Waals surface area (Å²) in [6.07, 6.45) is 4.73. The smallest absolute Gasteiger partial charge is 0.204 e. The van der Waals surface area contributed by atoms with E-state index in [2.05, 4.69) is 5.92 Å². The molecule has 0 unspecified atom stereocenters. The molecule has 2 nitrogen and oxygen atoms in total. The van der Waals surface area contributed by atoms with Gasteiger partial charge in [-0.15, -0.1) is 12.3 Å². The van der Waals surface area contributed by atoms with Crippen LogP contribution < -0.4 is 0 Å². The molecule has 0 heterocycles. The molecule has 0 aliphatic carbocycles. The standard InChI is InChI=1S/C10H8Cl2O2/c1-2-6-10(13,14)9-7(11)4-3-5-8(9)12/h1,3-5,13-14H,6H2. The van der Waals surface area contributed by atoms with E-state index in [0.717, 1.165) is 0 Å². The van der Waals surface area contributed by atoms with Crippen molar-refractivity contribution in [1.29, 1.82) is 0 Å². The number of halogens is 2. The first-order valence-electron chi connectivity index (χ1n) is 3.81. The molecule has 0 saturated carbocycles. The molecule has 14 heavy (non-hydrogen) atoms. The first kappa shape index (κ1) is 11.4. The number of terminal acetylenes is 1. The predicted octanol–water partition coefficient (Wildman–Crippen LogP) is 2.15. The van der Waals surface area contributed by atoms with Crippen LogP contribution in [0.2, 0.25) is 10.0 Å². The largest absolute Gasteiger partial charge is 0.361 e. The summed E-state index contributed by atoms with van der Waals surface area (Å²) in [5.74, 6) is -0.0328. The third-order valence-electron chi connectivity index (χ3n) is 1.71. The lowest BCUT2D eigenvalue weighted by molar-refractivity contribution is -0.164. The number of rotatable bonds is 2. The summed E-state index contributed by atoms with van der Waals surface area (Å²) in [6, 6.07) is 4.64. The lowest BCUT2D eigenvalue weighted by Gasteiger charge is -2.21. The SMILES string of the molecule is C#CCC(O)(O)c1c(Cl)cccc1Cl. The van der Waals surface area contributed by atoms with Crippen LogP contribution in [0.15, 0.2) is 18.2 Å². The van der Waals surface area contributed by atoms with Crippen LogP contribution in [0, 0.1) is 12.3 Å². The normalized spacial score (nSPS) is 11.1. The zero-order valence-electron chi connectivity index (χ0n) is 7.17. The fraction of sp³-hybridized carbons (Fsp3) is 0.200. The third kappa shape index (κ3) is 2.20. The van der Waals surface area contributed by atoms with Crippen molar-refractivity contribution in [3.63, 3.8) is 0 Å². The second kappa shape index (κ2) is 4.20. The summed E-state index contributed by atoms with van der Waals surface area (Å²) in [7, 11) is 0. The van der Waals surface area contributed by atoms with Crippen molar-refractivity contribution in [2.24, 2.45) is 0 Å². The molecule has 74 valence electrons. The molecule has 0 aliphatic rings. The molecule has 1 aromatic rings. The van der Waals surface area contributed by atoms with Crippen molar-refractivity contribution in [3.8, 4) is 12.3 Å². The van der Waals surface area contributed by atoms with E-state index in [4.69, 9.17) is 29.6 Å². The first-order valence-corrected chi connectivity index (χ1v) is 4.57. The van der Waals surface area contributed by atoms with Gasteiger partial charge in [-0.3, -0.25) is 0 Å². The molecule has 1 aromatic carbocycles. The average molecular weight is 231 g/mol. The van der Waals surface area contributed by atoms with Crippen LogP contribution in [-0.4, -0.2) is 10.2 Å². The van der Waals surface area contributed by atoms with E-state index in [1.54, 1.807) is 6.07 Å². The molecule has 0 aliphatic heterocycles. The van der Waals surface area contributed by atoms with Gasteiger partial charge in [0.1, 0.15) is 0 Å². The third-order valence-corrected chi connectivity index (χ3v) is 2.34. The van der Waals surface area contributed by atoms with Gasteiger partial charge in [0.25, 0.3) is 0 Å². The fourth-order valence-corrected chi connectivity index (χ4v) is 1.81. The maximum Gasteiger partial charge on any atom is 0.204 e. The van der Waals surface area contributed by atoms with E-state index in [9.17, 15) is 10.2 Å². The molecule has 0 bridgehead atoms. The van der Waals surface area contributed by atoms with Gasteiger partial charge >= 0.3 is 0 Å². The second-order valence-corrected chi connectivity index (χ2v) is 3.61. The van der Waals surface area contributed by atoms with Crippen molar-refractivity contribution in [3.05, 3.63) is 33.8 Å². The van der Waals surface area contributed by atoms with Crippen molar-refractivity contribution in [2.45, 2.75) is 12.2 Å². The number of benzene rings is 1. The zero-order chi connectivity index (χ0) is 10.8. The molecule has 0 fully saturated rings. The van der Waals surface area contributed by atoms with Gasteiger partial charge < -0.3 is 10.2 Å². The molecule has 4 heteroatoms. The maximum absolute atomic E-state index is 9.59. The minimum absolute atomic E-state index is 0.0429. The molecule has 0 aromatic heterocycles. The molecular formula is C10H8Cl2O2. The van der Waals surface area contributed by atoms with Gasteiger partial charge in [-0.1, -0.05) is 29.3 Å². The first-order chi connectivity index (χ1) is 6.49. The lowest BCUT2D eigenvalue weighted by Crippen LogP contribution is -2.25. The summed E-state index contributed by atoms with van der Waals surface area (Å²) in [5.41, 5.74) is 0.0429. The highest BCUT2D eigenvalue weighted by Crippen LogP contribution is 2.34. The van der Waals surface area contributed by atoms with Gasteiger partial charge in [-0.05, 0) is 12.1 Å². The molecule has 0 saturated heterocycles. The van der Waals surface area contributed by atoms with Gasteiger partial charge in [0.05, 0.1) is 16.5 Å². The minimum Gasteiger partial charge on any atom is -0.361 e. The Morgan fingerprint density at radius 3 is 2.21 bits per heavy atom. The van der Waals surface area contributed by atoms with E-state index < -0.39 is 5.79 Å². The van der Waals surface area contributed by atoms with Crippen LogP contribution >= 0.6 is 23.2 Å². The molecule has 0 spiro atoms. The van der Waals surface area contributed by atoms with Crippen molar-refractivity contribution in [2.75, 3.05) is 0 Å². The number of aliphatic hydroxyl groups is 2. The Hall–Kier alpha value is -0.720.